The largest absolute Gasteiger partial charge is 0.402 e. The summed E-state index contributed by atoms with van der Waals surface area (Å²) in [5.74, 6) is -8.35. The Morgan fingerprint density at radius 2 is 0.667 bits per heavy atom. The first kappa shape index (κ1) is 20.1. The molecule has 0 spiro atoms. The van der Waals surface area contributed by atoms with Gasteiger partial charge in [0.1, 0.15) is 0 Å². The predicted octanol–water partition coefficient (Wildman–Crippen LogP) is 4.48. The Labute approximate surface area is 108 Å². The zero-order valence-electron chi connectivity index (χ0n) is 9.51. The smallest absolute Gasteiger partial charge is 0.379 e. The maximum absolute atomic E-state index is 12.0. The molecule has 13 heteroatoms. The van der Waals surface area contributed by atoms with E-state index in [1.54, 1.807) is 0 Å². The first-order valence-corrected chi connectivity index (χ1v) is 4.82. The molecule has 128 valence electrons. The van der Waals surface area contributed by atoms with Crippen LogP contribution >= 0.6 is 0 Å². The fourth-order valence-electron chi connectivity index (χ4n) is 1.05. The predicted molar refractivity (Wildman–Crippen MR) is 42.0 cm³/mol. The van der Waals surface area contributed by atoms with Crippen molar-refractivity contribution in [3.8, 4) is 0 Å². The summed E-state index contributed by atoms with van der Waals surface area (Å²) in [4.78, 5) is 0. The third kappa shape index (κ3) is 6.61. The molecule has 0 rings (SSSR count). The first-order valence-electron chi connectivity index (χ1n) is 4.82. The lowest BCUT2D eigenvalue weighted by molar-refractivity contribution is -0.310. The standard InChI is InChI=1S/C8H6F12O/c9-5(10,11)3(6(12,13)14)1-21-2-4(7(15,16)17)8(18,19)20/h3-4H,1-2H2. The number of hydrogen-bond donors (Lipinski definition) is 0. The highest BCUT2D eigenvalue weighted by Gasteiger charge is 2.59. The molecular weight excluding hydrogens is 340 g/mol. The summed E-state index contributed by atoms with van der Waals surface area (Å²) in [5, 5.41) is 0. The summed E-state index contributed by atoms with van der Waals surface area (Å²) < 4.78 is 147. The highest BCUT2D eigenvalue weighted by molar-refractivity contribution is 4.78. The van der Waals surface area contributed by atoms with Gasteiger partial charge >= 0.3 is 24.7 Å². The van der Waals surface area contributed by atoms with E-state index >= 15 is 0 Å². The van der Waals surface area contributed by atoms with E-state index in [9.17, 15) is 52.7 Å². The summed E-state index contributed by atoms with van der Waals surface area (Å²) in [5.41, 5.74) is 0. The number of rotatable bonds is 4. The average molecular weight is 346 g/mol. The van der Waals surface area contributed by atoms with Crippen LogP contribution in [0.15, 0.2) is 0 Å². The molecule has 0 atom stereocenters. The Bertz CT molecular complexity index is 260. The van der Waals surface area contributed by atoms with Crippen molar-refractivity contribution in [1.29, 1.82) is 0 Å². The maximum atomic E-state index is 12.0. The van der Waals surface area contributed by atoms with Gasteiger partial charge in [0.25, 0.3) is 0 Å². The minimum atomic E-state index is -5.91. The second-order valence-corrected chi connectivity index (χ2v) is 3.81. The molecule has 0 aliphatic rings. The lowest BCUT2D eigenvalue weighted by atomic mass is 10.1. The number of ether oxygens (including phenoxy) is 1. The molecule has 0 N–H and O–H groups in total. The fourth-order valence-corrected chi connectivity index (χ4v) is 1.05. The summed E-state index contributed by atoms with van der Waals surface area (Å²) >= 11 is 0. The van der Waals surface area contributed by atoms with E-state index < -0.39 is 49.8 Å². The van der Waals surface area contributed by atoms with Gasteiger partial charge in [-0.15, -0.1) is 0 Å². The van der Waals surface area contributed by atoms with Gasteiger partial charge in [0, 0.05) is 0 Å². The van der Waals surface area contributed by atoms with Crippen LogP contribution in [-0.2, 0) is 4.74 Å². The van der Waals surface area contributed by atoms with E-state index in [1.165, 1.54) is 0 Å². The van der Waals surface area contributed by atoms with E-state index in [0.717, 1.165) is 0 Å². The SMILES string of the molecule is FC(F)(F)C(COCC(C(F)(F)F)C(F)(F)F)C(F)(F)F. The van der Waals surface area contributed by atoms with Gasteiger partial charge in [-0.1, -0.05) is 0 Å². The summed E-state index contributed by atoms with van der Waals surface area (Å²) in [6.45, 7) is -4.79. The van der Waals surface area contributed by atoms with Crippen molar-refractivity contribution < 1.29 is 57.4 Å². The van der Waals surface area contributed by atoms with Gasteiger partial charge in [-0.3, -0.25) is 0 Å². The van der Waals surface area contributed by atoms with Crippen LogP contribution < -0.4 is 0 Å². The molecule has 21 heavy (non-hydrogen) atoms. The van der Waals surface area contributed by atoms with Crippen molar-refractivity contribution in [2.75, 3.05) is 13.2 Å². The molecule has 0 amide bonds. The van der Waals surface area contributed by atoms with Crippen LogP contribution in [0.25, 0.3) is 0 Å². The fraction of sp³-hybridized carbons (Fsp3) is 1.00. The van der Waals surface area contributed by atoms with Crippen molar-refractivity contribution in [2.45, 2.75) is 24.7 Å². The van der Waals surface area contributed by atoms with Gasteiger partial charge in [-0.25, -0.2) is 0 Å². The molecule has 0 bridgehead atoms. The van der Waals surface area contributed by atoms with Gasteiger partial charge in [-0.05, 0) is 0 Å². The molecule has 0 saturated carbocycles. The number of hydrogen-bond acceptors (Lipinski definition) is 1. The van der Waals surface area contributed by atoms with Crippen LogP contribution in [0.3, 0.4) is 0 Å². The van der Waals surface area contributed by atoms with Gasteiger partial charge in [0.15, 0.2) is 11.8 Å². The highest BCUT2D eigenvalue weighted by atomic mass is 19.4. The monoisotopic (exact) mass is 346 g/mol. The average Bonchev–Trinajstić information content (AvgIpc) is 2.07. The Hall–Kier alpha value is -0.880. The van der Waals surface area contributed by atoms with Crippen molar-refractivity contribution in [2.24, 2.45) is 11.8 Å². The second kappa shape index (κ2) is 6.08. The van der Waals surface area contributed by atoms with E-state index in [4.69, 9.17) is 0 Å². The molecule has 0 aromatic rings. The molecule has 0 radical (unpaired) electrons. The van der Waals surface area contributed by atoms with Gasteiger partial charge in [0.05, 0.1) is 13.2 Å². The third-order valence-electron chi connectivity index (χ3n) is 2.15. The third-order valence-corrected chi connectivity index (χ3v) is 2.15. The van der Waals surface area contributed by atoms with Crippen LogP contribution in [0.2, 0.25) is 0 Å². The molecule has 0 unspecified atom stereocenters. The zero-order valence-corrected chi connectivity index (χ0v) is 9.51. The van der Waals surface area contributed by atoms with Crippen LogP contribution in [0.1, 0.15) is 0 Å². The normalized spacial score (nSPS) is 15.1. The molecule has 0 saturated heterocycles. The van der Waals surface area contributed by atoms with E-state index in [2.05, 4.69) is 4.74 Å². The molecule has 0 fully saturated rings. The van der Waals surface area contributed by atoms with Crippen molar-refractivity contribution in [3.05, 3.63) is 0 Å². The van der Waals surface area contributed by atoms with Crippen LogP contribution in [-0.4, -0.2) is 37.9 Å². The lowest BCUT2D eigenvalue weighted by Crippen LogP contribution is -2.43. The minimum Gasteiger partial charge on any atom is -0.379 e. The van der Waals surface area contributed by atoms with Gasteiger partial charge in [0.2, 0.25) is 0 Å². The van der Waals surface area contributed by atoms with E-state index in [1.807, 2.05) is 0 Å². The van der Waals surface area contributed by atoms with Crippen LogP contribution in [0.5, 0.6) is 0 Å². The van der Waals surface area contributed by atoms with E-state index in [-0.39, 0.29) is 0 Å². The Kier molecular flexibility index (Phi) is 5.83. The quantitative estimate of drug-likeness (QED) is 0.682. The zero-order chi connectivity index (χ0) is 17.3. The topological polar surface area (TPSA) is 9.23 Å². The Morgan fingerprint density at radius 3 is 0.810 bits per heavy atom. The molecule has 0 aliphatic carbocycles. The Balaban J connectivity index is 4.84. The van der Waals surface area contributed by atoms with Crippen molar-refractivity contribution >= 4 is 0 Å². The highest BCUT2D eigenvalue weighted by Crippen LogP contribution is 2.41. The maximum Gasteiger partial charge on any atom is 0.402 e. The summed E-state index contributed by atoms with van der Waals surface area (Å²) in [7, 11) is 0. The number of alkyl halides is 12. The van der Waals surface area contributed by atoms with E-state index in [0.29, 0.717) is 0 Å². The molecule has 0 heterocycles. The minimum absolute atomic E-state index is 2.39. The molecule has 0 aromatic heterocycles. The molecular formula is C8H6F12O. The van der Waals surface area contributed by atoms with Gasteiger partial charge in [-0.2, -0.15) is 52.7 Å². The first-order chi connectivity index (χ1) is 8.97. The summed E-state index contributed by atoms with van der Waals surface area (Å²) in [6, 6.07) is 0. The van der Waals surface area contributed by atoms with Crippen LogP contribution in [0.4, 0.5) is 52.7 Å². The Morgan fingerprint density at radius 1 is 0.476 bits per heavy atom. The lowest BCUT2D eigenvalue weighted by Gasteiger charge is -2.26. The van der Waals surface area contributed by atoms with Crippen molar-refractivity contribution in [1.82, 2.24) is 0 Å². The molecule has 0 aromatic carbocycles. The van der Waals surface area contributed by atoms with Gasteiger partial charge < -0.3 is 4.74 Å². The van der Waals surface area contributed by atoms with Crippen LogP contribution in [0, 0.1) is 11.8 Å². The molecule has 0 aliphatic heterocycles. The molecule has 1 nitrogen and oxygen atoms in total. The number of halogens is 12. The van der Waals surface area contributed by atoms with Crippen molar-refractivity contribution in [3.63, 3.8) is 0 Å². The second-order valence-electron chi connectivity index (χ2n) is 3.81. The summed E-state index contributed by atoms with van der Waals surface area (Å²) in [6.07, 6.45) is -23.6.